The number of hydrogen-bond acceptors (Lipinski definition) is 3. The molecule has 0 amide bonds. The van der Waals surface area contributed by atoms with Crippen LogP contribution >= 0.6 is 12.2 Å². The SMILES string of the molecule is COCCn1c(C)cc([C@@H]2[C@@H](c3ccccn3)NC(=S)N2c2cccc(C)c2)c1C. The van der Waals surface area contributed by atoms with Crippen LogP contribution in [-0.4, -0.2) is 28.4 Å². The molecule has 1 aromatic carbocycles. The van der Waals surface area contributed by atoms with Crippen molar-refractivity contribution in [3.8, 4) is 0 Å². The van der Waals surface area contributed by atoms with E-state index in [1.54, 1.807) is 7.11 Å². The molecule has 0 unspecified atom stereocenters. The fourth-order valence-corrected chi connectivity index (χ4v) is 4.73. The minimum absolute atomic E-state index is 0.0108. The van der Waals surface area contributed by atoms with Gasteiger partial charge in [0.05, 0.1) is 24.4 Å². The number of hydrogen-bond donors (Lipinski definition) is 1. The highest BCUT2D eigenvalue weighted by molar-refractivity contribution is 7.80. The molecule has 3 aromatic rings. The van der Waals surface area contributed by atoms with Gasteiger partial charge < -0.3 is 19.5 Å². The molecule has 1 aliphatic heterocycles. The molecule has 4 rings (SSSR count). The first-order valence-corrected chi connectivity index (χ1v) is 10.6. The standard InChI is InChI=1S/C24H28N4OS/c1-16-8-7-9-19(14-16)28-23(20-15-17(2)27(18(20)3)12-13-29-4)22(26-24(28)30)21-10-5-6-11-25-21/h5-11,14-15,22-23H,12-13H2,1-4H3,(H,26,30)/t22-,23-/m1/s1. The Balaban J connectivity index is 1.85. The number of methoxy groups -OCH3 is 1. The van der Waals surface area contributed by atoms with Gasteiger partial charge in [0.2, 0.25) is 0 Å². The summed E-state index contributed by atoms with van der Waals surface area (Å²) in [5.41, 5.74) is 7.01. The summed E-state index contributed by atoms with van der Waals surface area (Å²) in [7, 11) is 1.74. The van der Waals surface area contributed by atoms with Gasteiger partial charge in [-0.3, -0.25) is 4.98 Å². The summed E-state index contributed by atoms with van der Waals surface area (Å²) in [6, 6.07) is 16.8. The number of aromatic nitrogens is 2. The molecule has 156 valence electrons. The normalized spacial score (nSPS) is 18.7. The fourth-order valence-electron chi connectivity index (χ4n) is 4.38. The summed E-state index contributed by atoms with van der Waals surface area (Å²) in [4.78, 5) is 6.89. The summed E-state index contributed by atoms with van der Waals surface area (Å²) < 4.78 is 7.65. The first kappa shape index (κ1) is 20.6. The van der Waals surface area contributed by atoms with Gasteiger partial charge in [0.1, 0.15) is 0 Å². The number of nitrogens with zero attached hydrogens (tertiary/aromatic N) is 3. The van der Waals surface area contributed by atoms with Crippen LogP contribution in [0.15, 0.2) is 54.7 Å². The first-order valence-electron chi connectivity index (χ1n) is 10.2. The van der Waals surface area contributed by atoms with Gasteiger partial charge in [-0.25, -0.2) is 0 Å². The van der Waals surface area contributed by atoms with Gasteiger partial charge >= 0.3 is 0 Å². The van der Waals surface area contributed by atoms with Crippen molar-refractivity contribution in [3.63, 3.8) is 0 Å². The molecule has 1 aliphatic rings. The van der Waals surface area contributed by atoms with Crippen molar-refractivity contribution in [1.29, 1.82) is 0 Å². The van der Waals surface area contributed by atoms with E-state index in [0.29, 0.717) is 6.61 Å². The molecule has 1 saturated heterocycles. The first-order chi connectivity index (χ1) is 14.5. The number of thiocarbonyl (C=S) groups is 1. The monoisotopic (exact) mass is 420 g/mol. The van der Waals surface area contributed by atoms with E-state index in [0.717, 1.165) is 23.0 Å². The summed E-state index contributed by atoms with van der Waals surface area (Å²) >= 11 is 5.83. The van der Waals surface area contributed by atoms with Gasteiger partial charge in [0.15, 0.2) is 5.11 Å². The Hall–Kier alpha value is -2.70. The van der Waals surface area contributed by atoms with Crippen LogP contribution in [0.4, 0.5) is 5.69 Å². The minimum Gasteiger partial charge on any atom is -0.383 e. The zero-order valence-electron chi connectivity index (χ0n) is 17.9. The van der Waals surface area contributed by atoms with Crippen molar-refractivity contribution < 1.29 is 4.74 Å². The third kappa shape index (κ3) is 3.73. The zero-order valence-corrected chi connectivity index (χ0v) is 18.7. The second-order valence-corrected chi connectivity index (χ2v) is 8.19. The van der Waals surface area contributed by atoms with Gasteiger partial charge in [-0.05, 0) is 74.4 Å². The summed E-state index contributed by atoms with van der Waals surface area (Å²) in [6.07, 6.45) is 1.84. The van der Waals surface area contributed by atoms with E-state index in [2.05, 4.69) is 76.9 Å². The lowest BCUT2D eigenvalue weighted by Gasteiger charge is -2.28. The van der Waals surface area contributed by atoms with Crippen molar-refractivity contribution in [2.75, 3.05) is 18.6 Å². The van der Waals surface area contributed by atoms with Crippen molar-refractivity contribution >= 4 is 23.0 Å². The van der Waals surface area contributed by atoms with Gasteiger partial charge in [-0.15, -0.1) is 0 Å². The molecule has 1 N–H and O–H groups in total. The lowest BCUT2D eigenvalue weighted by molar-refractivity contribution is 0.186. The van der Waals surface area contributed by atoms with Crippen LogP contribution in [0.2, 0.25) is 0 Å². The average molecular weight is 421 g/mol. The van der Waals surface area contributed by atoms with Crippen molar-refractivity contribution in [2.24, 2.45) is 0 Å². The third-order valence-corrected chi connectivity index (χ3v) is 6.14. The smallest absolute Gasteiger partial charge is 0.174 e. The maximum atomic E-state index is 5.83. The van der Waals surface area contributed by atoms with Crippen LogP contribution in [-0.2, 0) is 11.3 Å². The molecule has 1 fully saturated rings. The van der Waals surface area contributed by atoms with Gasteiger partial charge in [-0.1, -0.05) is 18.2 Å². The molecule has 0 aliphatic carbocycles. The molecule has 6 heteroatoms. The second kappa shape index (κ2) is 8.58. The molecule has 0 bridgehead atoms. The molecule has 2 atom stereocenters. The van der Waals surface area contributed by atoms with Gasteiger partial charge in [-0.2, -0.15) is 0 Å². The molecule has 2 aromatic heterocycles. The molecule has 3 heterocycles. The summed E-state index contributed by atoms with van der Waals surface area (Å²) in [6.45, 7) is 7.96. The van der Waals surface area contributed by atoms with E-state index < -0.39 is 0 Å². The number of nitrogens with one attached hydrogen (secondary N) is 1. The van der Waals surface area contributed by atoms with Crippen LogP contribution in [0, 0.1) is 20.8 Å². The second-order valence-electron chi connectivity index (χ2n) is 7.81. The summed E-state index contributed by atoms with van der Waals surface area (Å²) in [5.74, 6) is 0. The molecule has 0 radical (unpaired) electrons. The van der Waals surface area contributed by atoms with Crippen molar-refractivity contribution in [2.45, 2.75) is 39.4 Å². The Labute approximate surface area is 183 Å². The Kier molecular flexibility index (Phi) is 5.88. The van der Waals surface area contributed by atoms with E-state index in [1.165, 1.54) is 22.5 Å². The highest BCUT2D eigenvalue weighted by atomic mass is 32.1. The number of benzene rings is 1. The predicted molar refractivity (Wildman–Crippen MR) is 125 cm³/mol. The van der Waals surface area contributed by atoms with Crippen LogP contribution in [0.1, 0.15) is 40.3 Å². The van der Waals surface area contributed by atoms with Crippen molar-refractivity contribution in [1.82, 2.24) is 14.9 Å². The maximum absolute atomic E-state index is 5.83. The van der Waals surface area contributed by atoms with E-state index >= 15 is 0 Å². The highest BCUT2D eigenvalue weighted by Crippen LogP contribution is 2.43. The number of aryl methyl sites for hydroxylation is 2. The van der Waals surface area contributed by atoms with E-state index in [-0.39, 0.29) is 12.1 Å². The van der Waals surface area contributed by atoms with Crippen LogP contribution in [0.25, 0.3) is 0 Å². The Morgan fingerprint density at radius 3 is 2.63 bits per heavy atom. The van der Waals surface area contributed by atoms with E-state index in [4.69, 9.17) is 17.0 Å². The minimum atomic E-state index is -0.0319. The fraction of sp³-hybridized carbons (Fsp3) is 0.333. The third-order valence-electron chi connectivity index (χ3n) is 5.83. The Morgan fingerprint density at radius 2 is 1.93 bits per heavy atom. The molecule has 30 heavy (non-hydrogen) atoms. The van der Waals surface area contributed by atoms with Crippen LogP contribution in [0.5, 0.6) is 0 Å². The van der Waals surface area contributed by atoms with E-state index in [9.17, 15) is 0 Å². The molecule has 5 nitrogen and oxygen atoms in total. The van der Waals surface area contributed by atoms with Crippen LogP contribution in [0.3, 0.4) is 0 Å². The van der Waals surface area contributed by atoms with Gasteiger partial charge in [0.25, 0.3) is 0 Å². The number of rotatable bonds is 6. The molecule has 0 saturated carbocycles. The number of pyridine rings is 1. The van der Waals surface area contributed by atoms with Crippen molar-refractivity contribution in [3.05, 3.63) is 82.9 Å². The van der Waals surface area contributed by atoms with Gasteiger partial charge in [0, 0.05) is 36.9 Å². The molecule has 0 spiro atoms. The maximum Gasteiger partial charge on any atom is 0.174 e. The van der Waals surface area contributed by atoms with Crippen LogP contribution < -0.4 is 10.2 Å². The molecular weight excluding hydrogens is 392 g/mol. The highest BCUT2D eigenvalue weighted by Gasteiger charge is 2.42. The summed E-state index contributed by atoms with van der Waals surface area (Å²) in [5, 5.41) is 4.27. The predicted octanol–water partition coefficient (Wildman–Crippen LogP) is 4.63. The molecular formula is C24H28N4OS. The lowest BCUT2D eigenvalue weighted by atomic mass is 9.96. The Bertz CT molecular complexity index is 1050. The Morgan fingerprint density at radius 1 is 1.10 bits per heavy atom. The average Bonchev–Trinajstić information content (AvgIpc) is 3.23. The number of anilines is 1. The quantitative estimate of drug-likeness (QED) is 0.589. The zero-order chi connectivity index (χ0) is 21.3. The topological polar surface area (TPSA) is 42.3 Å². The lowest BCUT2D eigenvalue weighted by Crippen LogP contribution is -2.29. The largest absolute Gasteiger partial charge is 0.383 e. The number of ether oxygens (including phenoxy) is 1. The van der Waals surface area contributed by atoms with E-state index in [1.807, 2.05) is 18.3 Å².